The predicted octanol–water partition coefficient (Wildman–Crippen LogP) is 4.06. The van der Waals surface area contributed by atoms with Crippen molar-refractivity contribution in [1.82, 2.24) is 9.97 Å². The van der Waals surface area contributed by atoms with E-state index < -0.39 is 11.7 Å². The summed E-state index contributed by atoms with van der Waals surface area (Å²) in [5.74, 6) is 0.777. The summed E-state index contributed by atoms with van der Waals surface area (Å²) in [6.45, 7) is 2.72. The standard InChI is InChI=1S/C14H15F3N4/c1-2-7-19-12-8-18-9-13(21-12)20-11-6-4-3-5-10(11)14(15,16)17/h3-6,8-9H,2,7H2,1H3,(H2,19,20,21). The summed E-state index contributed by atoms with van der Waals surface area (Å²) in [5.41, 5.74) is -0.786. The lowest BCUT2D eigenvalue weighted by Crippen LogP contribution is -2.09. The fourth-order valence-corrected chi connectivity index (χ4v) is 1.74. The lowest BCUT2D eigenvalue weighted by Gasteiger charge is -2.14. The minimum atomic E-state index is -4.42. The number of para-hydroxylation sites is 1. The van der Waals surface area contributed by atoms with Gasteiger partial charge in [-0.2, -0.15) is 13.2 Å². The molecule has 7 heteroatoms. The summed E-state index contributed by atoms with van der Waals surface area (Å²) in [6, 6.07) is 5.26. The second-order valence-electron chi connectivity index (χ2n) is 4.38. The molecule has 0 saturated heterocycles. The molecule has 4 nitrogen and oxygen atoms in total. The van der Waals surface area contributed by atoms with E-state index in [2.05, 4.69) is 20.6 Å². The molecular formula is C14H15F3N4. The summed E-state index contributed by atoms with van der Waals surface area (Å²) in [5, 5.41) is 5.69. The van der Waals surface area contributed by atoms with Gasteiger partial charge in [-0.15, -0.1) is 0 Å². The van der Waals surface area contributed by atoms with Crippen molar-refractivity contribution >= 4 is 17.3 Å². The molecule has 0 unspecified atom stereocenters. The molecule has 0 fully saturated rings. The number of alkyl halides is 3. The van der Waals surface area contributed by atoms with Crippen molar-refractivity contribution in [3.63, 3.8) is 0 Å². The Morgan fingerprint density at radius 3 is 2.52 bits per heavy atom. The lowest BCUT2D eigenvalue weighted by atomic mass is 10.1. The van der Waals surface area contributed by atoms with Crippen LogP contribution in [0.2, 0.25) is 0 Å². The maximum atomic E-state index is 12.9. The average molecular weight is 296 g/mol. The number of aromatic nitrogens is 2. The largest absolute Gasteiger partial charge is 0.418 e. The Morgan fingerprint density at radius 2 is 1.81 bits per heavy atom. The molecule has 0 radical (unpaired) electrons. The van der Waals surface area contributed by atoms with Gasteiger partial charge in [-0.25, -0.2) is 4.98 Å². The van der Waals surface area contributed by atoms with E-state index in [-0.39, 0.29) is 11.5 Å². The summed E-state index contributed by atoms with van der Waals surface area (Å²) in [6.07, 6.45) is -0.605. The SMILES string of the molecule is CCCNc1cncc(Nc2ccccc2C(F)(F)F)n1. The predicted molar refractivity (Wildman–Crippen MR) is 75.5 cm³/mol. The molecule has 1 heterocycles. The maximum absolute atomic E-state index is 12.9. The van der Waals surface area contributed by atoms with Gasteiger partial charge in [0.15, 0.2) is 5.82 Å². The van der Waals surface area contributed by atoms with E-state index in [0.29, 0.717) is 5.82 Å². The van der Waals surface area contributed by atoms with E-state index in [4.69, 9.17) is 0 Å². The molecule has 0 amide bonds. The third-order valence-corrected chi connectivity index (χ3v) is 2.69. The van der Waals surface area contributed by atoms with Crippen molar-refractivity contribution in [2.75, 3.05) is 17.2 Å². The van der Waals surface area contributed by atoms with Crippen LogP contribution in [0.4, 0.5) is 30.5 Å². The van der Waals surface area contributed by atoms with Crippen molar-refractivity contribution in [2.45, 2.75) is 19.5 Å². The highest BCUT2D eigenvalue weighted by Gasteiger charge is 2.33. The third-order valence-electron chi connectivity index (χ3n) is 2.69. The van der Waals surface area contributed by atoms with Crippen molar-refractivity contribution < 1.29 is 13.2 Å². The molecule has 0 saturated carbocycles. The molecule has 1 aromatic heterocycles. The Morgan fingerprint density at radius 1 is 1.10 bits per heavy atom. The fourth-order valence-electron chi connectivity index (χ4n) is 1.74. The van der Waals surface area contributed by atoms with Crippen molar-refractivity contribution in [3.05, 3.63) is 42.2 Å². The third kappa shape index (κ3) is 4.08. The summed E-state index contributed by atoms with van der Waals surface area (Å²) >= 11 is 0. The van der Waals surface area contributed by atoms with E-state index in [1.807, 2.05) is 6.92 Å². The molecule has 2 rings (SSSR count). The van der Waals surface area contributed by atoms with Crippen LogP contribution < -0.4 is 10.6 Å². The summed E-state index contributed by atoms with van der Waals surface area (Å²) in [4.78, 5) is 8.13. The first-order valence-corrected chi connectivity index (χ1v) is 6.50. The van der Waals surface area contributed by atoms with Crippen LogP contribution in [0.5, 0.6) is 0 Å². The number of hydrogen-bond acceptors (Lipinski definition) is 4. The van der Waals surface area contributed by atoms with Crippen molar-refractivity contribution in [2.24, 2.45) is 0 Å². The van der Waals surface area contributed by atoms with E-state index in [1.165, 1.54) is 30.6 Å². The highest BCUT2D eigenvalue weighted by molar-refractivity contribution is 5.61. The highest BCUT2D eigenvalue weighted by Crippen LogP contribution is 2.35. The number of hydrogen-bond donors (Lipinski definition) is 2. The number of nitrogens with zero attached hydrogens (tertiary/aromatic N) is 2. The quantitative estimate of drug-likeness (QED) is 0.873. The molecule has 0 aliphatic heterocycles. The van der Waals surface area contributed by atoms with Gasteiger partial charge >= 0.3 is 6.18 Å². The lowest BCUT2D eigenvalue weighted by molar-refractivity contribution is -0.136. The molecule has 2 N–H and O–H groups in total. The Labute approximate surface area is 120 Å². The second kappa shape index (κ2) is 6.43. The Hall–Kier alpha value is -2.31. The van der Waals surface area contributed by atoms with Gasteiger partial charge < -0.3 is 10.6 Å². The van der Waals surface area contributed by atoms with Crippen LogP contribution in [-0.2, 0) is 6.18 Å². The number of benzene rings is 1. The van der Waals surface area contributed by atoms with E-state index in [0.717, 1.165) is 19.0 Å². The minimum Gasteiger partial charge on any atom is -0.369 e. The van der Waals surface area contributed by atoms with Gasteiger partial charge in [0.25, 0.3) is 0 Å². The zero-order valence-electron chi connectivity index (χ0n) is 11.4. The van der Waals surface area contributed by atoms with E-state index in [1.54, 1.807) is 0 Å². The van der Waals surface area contributed by atoms with Crippen LogP contribution in [0.3, 0.4) is 0 Å². The van der Waals surface area contributed by atoms with Crippen LogP contribution in [0.25, 0.3) is 0 Å². The summed E-state index contributed by atoms with van der Waals surface area (Å²) < 4.78 is 38.7. The molecular weight excluding hydrogens is 281 g/mol. The average Bonchev–Trinajstić information content (AvgIpc) is 2.45. The minimum absolute atomic E-state index is 0.0491. The van der Waals surface area contributed by atoms with Crippen molar-refractivity contribution in [3.8, 4) is 0 Å². The molecule has 0 aliphatic carbocycles. The Balaban J connectivity index is 2.23. The van der Waals surface area contributed by atoms with Crippen molar-refractivity contribution in [1.29, 1.82) is 0 Å². The number of nitrogens with one attached hydrogen (secondary N) is 2. The molecule has 1 aromatic carbocycles. The fraction of sp³-hybridized carbons (Fsp3) is 0.286. The Kier molecular flexibility index (Phi) is 4.62. The first-order valence-electron chi connectivity index (χ1n) is 6.50. The molecule has 21 heavy (non-hydrogen) atoms. The van der Waals surface area contributed by atoms with Crippen LogP contribution in [0, 0.1) is 0 Å². The highest BCUT2D eigenvalue weighted by atomic mass is 19.4. The normalized spacial score (nSPS) is 11.2. The van der Waals surface area contributed by atoms with Gasteiger partial charge in [-0.3, -0.25) is 4.98 Å². The van der Waals surface area contributed by atoms with Gasteiger partial charge in [-0.1, -0.05) is 19.1 Å². The zero-order chi connectivity index (χ0) is 15.3. The molecule has 0 bridgehead atoms. The number of rotatable bonds is 5. The van der Waals surface area contributed by atoms with Gasteiger partial charge in [0.2, 0.25) is 0 Å². The van der Waals surface area contributed by atoms with Gasteiger partial charge in [-0.05, 0) is 18.6 Å². The molecule has 112 valence electrons. The maximum Gasteiger partial charge on any atom is 0.418 e. The first kappa shape index (κ1) is 15.1. The zero-order valence-corrected chi connectivity index (χ0v) is 11.4. The number of halogens is 3. The van der Waals surface area contributed by atoms with Crippen LogP contribution in [-0.4, -0.2) is 16.5 Å². The van der Waals surface area contributed by atoms with Crippen LogP contribution in [0.15, 0.2) is 36.7 Å². The molecule has 2 aromatic rings. The molecule has 0 atom stereocenters. The second-order valence-corrected chi connectivity index (χ2v) is 4.38. The summed E-state index contributed by atoms with van der Waals surface area (Å²) in [7, 11) is 0. The van der Waals surface area contributed by atoms with Crippen LogP contribution in [0.1, 0.15) is 18.9 Å². The molecule has 0 aliphatic rings. The monoisotopic (exact) mass is 296 g/mol. The number of anilines is 3. The van der Waals surface area contributed by atoms with Gasteiger partial charge in [0.05, 0.1) is 23.6 Å². The van der Waals surface area contributed by atoms with E-state index in [9.17, 15) is 13.2 Å². The Bertz CT molecular complexity index is 599. The molecule has 0 spiro atoms. The smallest absolute Gasteiger partial charge is 0.369 e. The topological polar surface area (TPSA) is 49.8 Å². The van der Waals surface area contributed by atoms with Gasteiger partial charge in [0, 0.05) is 6.54 Å². The first-order chi connectivity index (χ1) is 10.0. The van der Waals surface area contributed by atoms with E-state index >= 15 is 0 Å². The van der Waals surface area contributed by atoms with Crippen LogP contribution >= 0.6 is 0 Å². The van der Waals surface area contributed by atoms with Gasteiger partial charge in [0.1, 0.15) is 5.82 Å².